The molecule has 0 aromatic carbocycles. The van der Waals surface area contributed by atoms with Crippen molar-refractivity contribution in [3.8, 4) is 0 Å². The van der Waals surface area contributed by atoms with Crippen LogP contribution in [0.2, 0.25) is 0 Å². The number of rotatable bonds is 2. The van der Waals surface area contributed by atoms with Crippen molar-refractivity contribution in [2.24, 2.45) is 11.5 Å². The largest absolute Gasteiger partial charge is 0.397 e. The summed E-state index contributed by atoms with van der Waals surface area (Å²) in [5, 5.41) is 0. The fourth-order valence-electron chi connectivity index (χ4n) is 1.48. The van der Waals surface area contributed by atoms with E-state index in [4.69, 9.17) is 16.0 Å². The first-order valence-electron chi connectivity index (χ1n) is 4.05. The molecule has 0 aromatic heterocycles. The molecule has 1 aliphatic rings. The van der Waals surface area contributed by atoms with Crippen LogP contribution in [0.5, 0.6) is 0 Å². The van der Waals surface area contributed by atoms with Crippen molar-refractivity contribution in [2.75, 3.05) is 0 Å². The van der Waals surface area contributed by atoms with Crippen molar-refractivity contribution in [3.63, 3.8) is 0 Å². The second-order valence-corrected chi connectivity index (χ2v) is 4.42. The Bertz CT molecular complexity index is 274. The molecule has 1 fully saturated rings. The van der Waals surface area contributed by atoms with Crippen LogP contribution < -0.4 is 11.5 Å². The molecule has 0 amide bonds. The molecule has 0 aliphatic heterocycles. The maximum atomic E-state index is 10.4. The average Bonchev–Trinajstić information content (AvgIpc) is 1.91. The predicted octanol–water partition coefficient (Wildman–Crippen LogP) is -0.638. The summed E-state index contributed by atoms with van der Waals surface area (Å²) in [6, 6.07) is 0. The van der Waals surface area contributed by atoms with E-state index in [1.54, 1.807) is 0 Å². The fraction of sp³-hybridized carbons (Fsp3) is 1.00. The maximum absolute atomic E-state index is 10.4. The Morgan fingerprint density at radius 3 is 2.46 bits per heavy atom. The van der Waals surface area contributed by atoms with E-state index in [1.165, 1.54) is 0 Å². The van der Waals surface area contributed by atoms with Gasteiger partial charge < -0.3 is 11.5 Å². The SMILES string of the molecule is NC1(N)CCCCC1OS(=O)(=O)O. The Balaban J connectivity index is 2.67. The molecule has 13 heavy (non-hydrogen) atoms. The molecular weight excluding hydrogens is 196 g/mol. The highest BCUT2D eigenvalue weighted by Gasteiger charge is 2.37. The third-order valence-corrected chi connectivity index (χ3v) is 2.64. The van der Waals surface area contributed by atoms with Gasteiger partial charge in [-0.25, -0.2) is 4.18 Å². The summed E-state index contributed by atoms with van der Waals surface area (Å²) in [4.78, 5) is 0. The lowest BCUT2D eigenvalue weighted by molar-refractivity contribution is 0.0662. The Hall–Kier alpha value is -0.210. The van der Waals surface area contributed by atoms with Crippen molar-refractivity contribution >= 4 is 10.4 Å². The first kappa shape index (κ1) is 10.9. The van der Waals surface area contributed by atoms with E-state index in [1.807, 2.05) is 0 Å². The Morgan fingerprint density at radius 1 is 1.38 bits per heavy atom. The normalized spacial score (nSPS) is 28.7. The topological polar surface area (TPSA) is 116 Å². The molecule has 0 heterocycles. The van der Waals surface area contributed by atoms with Gasteiger partial charge in [0.05, 0.1) is 5.66 Å². The van der Waals surface area contributed by atoms with Crippen LogP contribution in [0.15, 0.2) is 0 Å². The summed E-state index contributed by atoms with van der Waals surface area (Å²) in [7, 11) is -4.45. The standard InChI is InChI=1S/C6H14N2O4S/c7-6(8)4-2-1-3-5(6)12-13(9,10)11/h5H,1-4,7-8H2,(H,9,10,11). The first-order valence-corrected chi connectivity index (χ1v) is 5.41. The zero-order valence-corrected chi connectivity index (χ0v) is 7.96. The lowest BCUT2D eigenvalue weighted by atomic mass is 9.88. The fourth-order valence-corrected chi connectivity index (χ4v) is 2.04. The highest BCUT2D eigenvalue weighted by atomic mass is 32.3. The Kier molecular flexibility index (Phi) is 2.93. The first-order chi connectivity index (χ1) is 5.81. The van der Waals surface area contributed by atoms with Gasteiger partial charge in [-0.15, -0.1) is 0 Å². The van der Waals surface area contributed by atoms with Crippen LogP contribution in [-0.4, -0.2) is 24.7 Å². The van der Waals surface area contributed by atoms with Crippen molar-refractivity contribution < 1.29 is 17.2 Å². The van der Waals surface area contributed by atoms with Crippen LogP contribution in [0.1, 0.15) is 25.7 Å². The van der Waals surface area contributed by atoms with E-state index < -0.39 is 22.2 Å². The molecule has 0 radical (unpaired) electrons. The molecule has 0 saturated heterocycles. The van der Waals surface area contributed by atoms with E-state index in [2.05, 4.69) is 4.18 Å². The van der Waals surface area contributed by atoms with Crippen molar-refractivity contribution in [1.82, 2.24) is 0 Å². The number of hydrogen-bond acceptors (Lipinski definition) is 5. The highest BCUT2D eigenvalue weighted by Crippen LogP contribution is 2.25. The van der Waals surface area contributed by atoms with Gasteiger partial charge in [0.25, 0.3) is 0 Å². The molecule has 7 heteroatoms. The smallest absolute Gasteiger partial charge is 0.311 e. The zero-order chi connectivity index (χ0) is 10.1. The molecule has 1 aliphatic carbocycles. The molecule has 0 spiro atoms. The van der Waals surface area contributed by atoms with E-state index in [0.717, 1.165) is 12.8 Å². The highest BCUT2D eigenvalue weighted by molar-refractivity contribution is 7.80. The van der Waals surface area contributed by atoms with E-state index in [0.29, 0.717) is 12.8 Å². The molecule has 1 saturated carbocycles. The van der Waals surface area contributed by atoms with Crippen LogP contribution in [0.25, 0.3) is 0 Å². The van der Waals surface area contributed by atoms with Gasteiger partial charge in [-0.05, 0) is 12.8 Å². The van der Waals surface area contributed by atoms with Gasteiger partial charge in [-0.2, -0.15) is 8.42 Å². The Labute approximate surface area is 77.2 Å². The quantitative estimate of drug-likeness (QED) is 0.412. The summed E-state index contributed by atoms with van der Waals surface area (Å²) in [5.74, 6) is 0. The second-order valence-electron chi connectivity index (χ2n) is 3.37. The average molecular weight is 210 g/mol. The molecule has 6 nitrogen and oxygen atoms in total. The molecular formula is C6H14N2O4S. The van der Waals surface area contributed by atoms with Crippen LogP contribution in [0.3, 0.4) is 0 Å². The lowest BCUT2D eigenvalue weighted by Crippen LogP contribution is -2.61. The molecule has 0 bridgehead atoms. The van der Waals surface area contributed by atoms with Gasteiger partial charge in [-0.1, -0.05) is 12.8 Å². The lowest BCUT2D eigenvalue weighted by Gasteiger charge is -2.36. The maximum Gasteiger partial charge on any atom is 0.397 e. The van der Waals surface area contributed by atoms with Crippen LogP contribution in [0, 0.1) is 0 Å². The second kappa shape index (κ2) is 3.50. The third kappa shape index (κ3) is 3.20. The predicted molar refractivity (Wildman–Crippen MR) is 46.0 cm³/mol. The van der Waals surface area contributed by atoms with Gasteiger partial charge >= 0.3 is 10.4 Å². The third-order valence-electron chi connectivity index (χ3n) is 2.16. The van der Waals surface area contributed by atoms with Crippen LogP contribution in [0.4, 0.5) is 0 Å². The molecule has 78 valence electrons. The minimum atomic E-state index is -4.45. The van der Waals surface area contributed by atoms with Crippen molar-refractivity contribution in [1.29, 1.82) is 0 Å². The summed E-state index contributed by atoms with van der Waals surface area (Å²) in [5.41, 5.74) is 10.1. The van der Waals surface area contributed by atoms with Gasteiger partial charge in [0.15, 0.2) is 0 Å². The van der Waals surface area contributed by atoms with Gasteiger partial charge in [-0.3, -0.25) is 4.55 Å². The van der Waals surface area contributed by atoms with Crippen molar-refractivity contribution in [3.05, 3.63) is 0 Å². The van der Waals surface area contributed by atoms with E-state index in [9.17, 15) is 8.42 Å². The van der Waals surface area contributed by atoms with Crippen LogP contribution in [-0.2, 0) is 14.6 Å². The van der Waals surface area contributed by atoms with Crippen LogP contribution >= 0.6 is 0 Å². The summed E-state index contributed by atoms with van der Waals surface area (Å²) in [6.45, 7) is 0. The molecule has 0 aromatic rings. The summed E-state index contributed by atoms with van der Waals surface area (Å²) in [6.07, 6.45) is 1.77. The van der Waals surface area contributed by atoms with Gasteiger partial charge in [0, 0.05) is 0 Å². The van der Waals surface area contributed by atoms with E-state index in [-0.39, 0.29) is 0 Å². The zero-order valence-electron chi connectivity index (χ0n) is 7.14. The number of hydrogen-bond donors (Lipinski definition) is 3. The molecule has 5 N–H and O–H groups in total. The van der Waals surface area contributed by atoms with Gasteiger partial charge in [0.1, 0.15) is 6.10 Å². The van der Waals surface area contributed by atoms with E-state index >= 15 is 0 Å². The summed E-state index contributed by atoms with van der Waals surface area (Å²) < 4.78 is 33.6. The minimum Gasteiger partial charge on any atom is -0.311 e. The minimum absolute atomic E-state index is 0.451. The molecule has 1 unspecified atom stereocenters. The summed E-state index contributed by atoms with van der Waals surface area (Å²) >= 11 is 0. The molecule has 1 rings (SSSR count). The van der Waals surface area contributed by atoms with Gasteiger partial charge in [0.2, 0.25) is 0 Å². The monoisotopic (exact) mass is 210 g/mol. The van der Waals surface area contributed by atoms with Crippen molar-refractivity contribution in [2.45, 2.75) is 37.5 Å². The Morgan fingerprint density at radius 2 is 2.00 bits per heavy atom. The number of nitrogens with two attached hydrogens (primary N) is 2. The molecule has 1 atom stereocenters.